The third kappa shape index (κ3) is 5.68. The number of nitrogens with zero attached hydrogens (tertiary/aromatic N) is 1. The van der Waals surface area contributed by atoms with Crippen molar-refractivity contribution in [1.82, 2.24) is 0 Å². The van der Waals surface area contributed by atoms with Gasteiger partial charge in [-0.25, -0.2) is 0 Å². The van der Waals surface area contributed by atoms with Gasteiger partial charge in [-0.2, -0.15) is 0 Å². The fraction of sp³-hybridized carbons (Fsp3) is 0.0625. The van der Waals surface area contributed by atoms with E-state index < -0.39 is 5.41 Å². The van der Waals surface area contributed by atoms with Gasteiger partial charge in [0.1, 0.15) is 11.2 Å². The number of hydrogen-bond donors (Lipinski definition) is 0. The Hall–Kier alpha value is -8.20. The van der Waals surface area contributed by atoms with Crippen LogP contribution in [0.5, 0.6) is 0 Å². The first kappa shape index (κ1) is 38.3. The molecule has 11 aromatic rings. The molecule has 0 fully saturated rings. The van der Waals surface area contributed by atoms with Gasteiger partial charge < -0.3 is 9.32 Å². The molecule has 66 heavy (non-hydrogen) atoms. The van der Waals surface area contributed by atoms with Crippen molar-refractivity contribution < 1.29 is 4.42 Å². The molecule has 1 aromatic heterocycles. The Morgan fingerprint density at radius 3 is 1.53 bits per heavy atom. The fourth-order valence-electron chi connectivity index (χ4n) is 11.5. The van der Waals surface area contributed by atoms with Gasteiger partial charge in [0.25, 0.3) is 0 Å². The lowest BCUT2D eigenvalue weighted by atomic mass is 9.67. The van der Waals surface area contributed by atoms with E-state index in [0.717, 1.165) is 50.1 Å². The molecule has 0 aliphatic heterocycles. The van der Waals surface area contributed by atoms with Crippen molar-refractivity contribution in [3.8, 4) is 44.5 Å². The molecule has 0 atom stereocenters. The Balaban J connectivity index is 0.935. The zero-order chi connectivity index (χ0) is 44.0. The summed E-state index contributed by atoms with van der Waals surface area (Å²) in [7, 11) is 0. The first-order chi connectivity index (χ1) is 32.5. The molecule has 312 valence electrons. The molecular formula is C64H45NO. The summed E-state index contributed by atoms with van der Waals surface area (Å²) in [6.45, 7) is 4.71. The molecule has 0 N–H and O–H groups in total. The standard InChI is InChI=1S/C64H45NO/c1-63(2)57-28-12-9-25-51(57)54-35-33-50(41-60(54)63)65(48-23-15-19-43(37-48)42-17-5-3-6-18-42)49-24-16-20-44(38-49)45-31-36-61-56(39-45)55-34-32-47(40-62(55)66-61)64(46-21-7-4-8-22-46)58-29-13-10-26-52(58)53-27-11-14-30-59(53)64/h3-41H,1-2H3. The molecule has 10 aromatic carbocycles. The van der Waals surface area contributed by atoms with E-state index in [0.29, 0.717) is 0 Å². The van der Waals surface area contributed by atoms with Gasteiger partial charge in [-0.3, -0.25) is 0 Å². The van der Waals surface area contributed by atoms with Crippen LogP contribution in [0.2, 0.25) is 0 Å². The second kappa shape index (κ2) is 14.7. The van der Waals surface area contributed by atoms with E-state index >= 15 is 0 Å². The number of rotatable bonds is 7. The van der Waals surface area contributed by atoms with E-state index in [9.17, 15) is 0 Å². The van der Waals surface area contributed by atoms with Gasteiger partial charge in [0.2, 0.25) is 0 Å². The maximum Gasteiger partial charge on any atom is 0.135 e. The van der Waals surface area contributed by atoms with Crippen molar-refractivity contribution in [2.45, 2.75) is 24.7 Å². The highest BCUT2D eigenvalue weighted by molar-refractivity contribution is 6.07. The lowest BCUT2D eigenvalue weighted by Crippen LogP contribution is -2.28. The predicted octanol–water partition coefficient (Wildman–Crippen LogP) is 17.1. The SMILES string of the molecule is CC1(C)c2ccccc2-c2ccc(N(c3cccc(-c4ccccc4)c3)c3cccc(-c4ccc5oc6cc(C7(c8ccccc8)c8ccccc8-c8ccccc87)ccc6c5c4)c3)cc21. The molecule has 13 rings (SSSR count). The topological polar surface area (TPSA) is 16.4 Å². The van der Waals surface area contributed by atoms with Crippen LogP contribution in [-0.4, -0.2) is 0 Å². The van der Waals surface area contributed by atoms with Crippen LogP contribution in [-0.2, 0) is 10.8 Å². The normalized spacial score (nSPS) is 13.8. The maximum absolute atomic E-state index is 6.79. The van der Waals surface area contributed by atoms with E-state index in [1.807, 2.05) is 0 Å². The van der Waals surface area contributed by atoms with Gasteiger partial charge >= 0.3 is 0 Å². The summed E-state index contributed by atoms with van der Waals surface area (Å²) in [6, 6.07) is 86.8. The predicted molar refractivity (Wildman–Crippen MR) is 274 cm³/mol. The number of anilines is 3. The maximum atomic E-state index is 6.79. The molecule has 2 aliphatic rings. The van der Waals surface area contributed by atoms with Gasteiger partial charge in [-0.05, 0) is 132 Å². The summed E-state index contributed by atoms with van der Waals surface area (Å²) in [6.07, 6.45) is 0. The highest BCUT2D eigenvalue weighted by Crippen LogP contribution is 2.57. The molecule has 0 bridgehead atoms. The Bertz CT molecular complexity index is 3640. The van der Waals surface area contributed by atoms with Gasteiger partial charge in [0.05, 0.1) is 5.41 Å². The van der Waals surface area contributed by atoms with E-state index in [-0.39, 0.29) is 5.41 Å². The quantitative estimate of drug-likeness (QED) is 0.159. The minimum absolute atomic E-state index is 0.126. The van der Waals surface area contributed by atoms with Crippen molar-refractivity contribution in [1.29, 1.82) is 0 Å². The molecule has 0 amide bonds. The van der Waals surface area contributed by atoms with Gasteiger partial charge in [0.15, 0.2) is 0 Å². The zero-order valence-electron chi connectivity index (χ0n) is 36.9. The number of furan rings is 1. The first-order valence-corrected chi connectivity index (χ1v) is 23.0. The number of hydrogen-bond acceptors (Lipinski definition) is 2. The van der Waals surface area contributed by atoms with E-state index in [1.54, 1.807) is 0 Å². The summed E-state index contributed by atoms with van der Waals surface area (Å²) in [4.78, 5) is 2.42. The Labute approximate surface area is 385 Å². The van der Waals surface area contributed by atoms with Crippen LogP contribution in [0.25, 0.3) is 66.4 Å². The smallest absolute Gasteiger partial charge is 0.135 e. The first-order valence-electron chi connectivity index (χ1n) is 23.0. The van der Waals surface area contributed by atoms with Crippen LogP contribution >= 0.6 is 0 Å². The summed E-state index contributed by atoms with van der Waals surface area (Å²) >= 11 is 0. The second-order valence-electron chi connectivity index (χ2n) is 18.4. The fourth-order valence-corrected chi connectivity index (χ4v) is 11.5. The molecule has 0 radical (unpaired) electrons. The zero-order valence-corrected chi connectivity index (χ0v) is 36.9. The van der Waals surface area contributed by atoms with Gasteiger partial charge in [0, 0.05) is 33.2 Å². The summed E-state index contributed by atoms with van der Waals surface area (Å²) < 4.78 is 6.79. The van der Waals surface area contributed by atoms with Gasteiger partial charge in [-0.15, -0.1) is 0 Å². The Morgan fingerprint density at radius 1 is 0.318 bits per heavy atom. The molecule has 1 heterocycles. The molecule has 0 unspecified atom stereocenters. The summed E-state index contributed by atoms with van der Waals surface area (Å²) in [5.41, 5.74) is 22.1. The van der Waals surface area contributed by atoms with Crippen molar-refractivity contribution in [3.63, 3.8) is 0 Å². The monoisotopic (exact) mass is 843 g/mol. The van der Waals surface area contributed by atoms with Crippen molar-refractivity contribution in [2.75, 3.05) is 4.90 Å². The molecular weight excluding hydrogens is 799 g/mol. The molecule has 2 aliphatic carbocycles. The van der Waals surface area contributed by atoms with Crippen LogP contribution in [0.4, 0.5) is 17.1 Å². The van der Waals surface area contributed by atoms with Crippen molar-refractivity contribution in [3.05, 3.63) is 270 Å². The van der Waals surface area contributed by atoms with E-state index in [4.69, 9.17) is 4.42 Å². The molecule has 2 nitrogen and oxygen atoms in total. The number of fused-ring (bicyclic) bond motifs is 9. The Morgan fingerprint density at radius 2 is 0.848 bits per heavy atom. The van der Waals surface area contributed by atoms with Gasteiger partial charge in [-0.1, -0.05) is 196 Å². The highest BCUT2D eigenvalue weighted by atomic mass is 16.3. The molecule has 0 spiro atoms. The van der Waals surface area contributed by atoms with Crippen molar-refractivity contribution in [2.24, 2.45) is 0 Å². The van der Waals surface area contributed by atoms with Crippen LogP contribution < -0.4 is 4.90 Å². The van der Waals surface area contributed by atoms with E-state index in [2.05, 4.69) is 255 Å². The van der Waals surface area contributed by atoms with Crippen LogP contribution in [0.3, 0.4) is 0 Å². The van der Waals surface area contributed by atoms with Crippen LogP contribution in [0.15, 0.2) is 241 Å². The third-order valence-corrected chi connectivity index (χ3v) is 14.5. The van der Waals surface area contributed by atoms with Crippen LogP contribution in [0, 0.1) is 0 Å². The molecule has 2 heteroatoms. The van der Waals surface area contributed by atoms with Crippen LogP contribution in [0.1, 0.15) is 47.2 Å². The van der Waals surface area contributed by atoms with E-state index in [1.165, 1.54) is 66.8 Å². The average Bonchev–Trinajstić information content (AvgIpc) is 3.98. The Kier molecular flexibility index (Phi) is 8.51. The lowest BCUT2D eigenvalue weighted by Gasteiger charge is -2.33. The highest BCUT2D eigenvalue weighted by Gasteiger charge is 2.46. The minimum atomic E-state index is -0.488. The third-order valence-electron chi connectivity index (χ3n) is 14.5. The summed E-state index contributed by atoms with van der Waals surface area (Å²) in [5, 5.41) is 2.21. The second-order valence-corrected chi connectivity index (χ2v) is 18.4. The largest absolute Gasteiger partial charge is 0.456 e. The number of benzene rings is 10. The minimum Gasteiger partial charge on any atom is -0.456 e. The average molecular weight is 844 g/mol. The summed E-state index contributed by atoms with van der Waals surface area (Å²) in [5.74, 6) is 0. The molecule has 0 saturated carbocycles. The van der Waals surface area contributed by atoms with Crippen molar-refractivity contribution >= 4 is 39.0 Å². The lowest BCUT2D eigenvalue weighted by molar-refractivity contribution is 0.660. The molecule has 0 saturated heterocycles.